The molecule has 2 aromatic rings. The molecule has 0 aliphatic rings. The number of aryl methyl sites for hydroxylation is 1. The van der Waals surface area contributed by atoms with Gasteiger partial charge in [-0.05, 0) is 12.5 Å². The number of aromatic nitrogens is 1. The van der Waals surface area contributed by atoms with E-state index in [1.807, 2.05) is 37.3 Å². The zero-order valence-electron chi connectivity index (χ0n) is 10.2. The molecule has 1 aromatic heterocycles. The van der Waals surface area contributed by atoms with Gasteiger partial charge in [0.25, 0.3) is 0 Å². The molecule has 0 atom stereocenters. The van der Waals surface area contributed by atoms with Gasteiger partial charge in [0.2, 0.25) is 5.13 Å². The fraction of sp³-hybridized carbons (Fsp3) is 0.154. The highest BCUT2D eigenvalue weighted by molar-refractivity contribution is 7.17. The zero-order valence-corrected chi connectivity index (χ0v) is 11.0. The van der Waals surface area contributed by atoms with Crippen LogP contribution in [0.5, 0.6) is 0 Å². The van der Waals surface area contributed by atoms with E-state index in [1.165, 1.54) is 18.3 Å². The van der Waals surface area contributed by atoms with Crippen LogP contribution < -0.4 is 5.43 Å². The number of benzene rings is 1. The van der Waals surface area contributed by atoms with E-state index < -0.39 is 0 Å². The molecule has 0 unspecified atom stereocenters. The second-order valence-corrected chi connectivity index (χ2v) is 4.77. The highest BCUT2D eigenvalue weighted by Crippen LogP contribution is 2.22. The molecule has 1 N–H and O–H groups in total. The molecular formula is C13H13N3OS. The number of hydrogen-bond acceptors (Lipinski definition) is 5. The first-order valence-electron chi connectivity index (χ1n) is 5.49. The van der Waals surface area contributed by atoms with Gasteiger partial charge in [-0.25, -0.2) is 4.98 Å². The first kappa shape index (κ1) is 12.4. The minimum atomic E-state index is 0.0325. The first-order valence-corrected chi connectivity index (χ1v) is 6.31. The minimum Gasteiger partial charge on any atom is -0.294 e. The van der Waals surface area contributed by atoms with Crippen molar-refractivity contribution in [3.05, 3.63) is 46.5 Å². The van der Waals surface area contributed by atoms with Crippen LogP contribution in [0.1, 0.15) is 27.9 Å². The molecule has 0 aliphatic carbocycles. The lowest BCUT2D eigenvalue weighted by atomic mass is 10.2. The summed E-state index contributed by atoms with van der Waals surface area (Å²) < 4.78 is 0. The third kappa shape index (κ3) is 3.01. The van der Waals surface area contributed by atoms with E-state index in [2.05, 4.69) is 15.5 Å². The van der Waals surface area contributed by atoms with Gasteiger partial charge in [-0.2, -0.15) is 5.10 Å². The Labute approximate surface area is 109 Å². The summed E-state index contributed by atoms with van der Waals surface area (Å²) in [5.74, 6) is 0.0325. The zero-order chi connectivity index (χ0) is 13.0. The molecule has 0 radical (unpaired) electrons. The van der Waals surface area contributed by atoms with E-state index in [9.17, 15) is 4.79 Å². The highest BCUT2D eigenvalue weighted by atomic mass is 32.1. The van der Waals surface area contributed by atoms with Gasteiger partial charge < -0.3 is 0 Å². The normalized spacial score (nSPS) is 10.8. The minimum absolute atomic E-state index is 0.0325. The third-order valence-corrected chi connectivity index (χ3v) is 3.45. The molecule has 0 fully saturated rings. The average molecular weight is 259 g/mol. The van der Waals surface area contributed by atoms with Crippen LogP contribution in [0.25, 0.3) is 0 Å². The fourth-order valence-electron chi connectivity index (χ4n) is 1.47. The van der Waals surface area contributed by atoms with Crippen LogP contribution in [-0.2, 0) is 0 Å². The van der Waals surface area contributed by atoms with Gasteiger partial charge in [0.05, 0.1) is 16.8 Å². The van der Waals surface area contributed by atoms with Crippen molar-refractivity contribution in [1.29, 1.82) is 0 Å². The van der Waals surface area contributed by atoms with Gasteiger partial charge in [0.15, 0.2) is 5.78 Å². The van der Waals surface area contributed by atoms with Crippen molar-refractivity contribution in [2.45, 2.75) is 13.8 Å². The molecule has 18 heavy (non-hydrogen) atoms. The Morgan fingerprint density at radius 3 is 2.72 bits per heavy atom. The lowest BCUT2D eigenvalue weighted by Gasteiger charge is -1.93. The summed E-state index contributed by atoms with van der Waals surface area (Å²) in [7, 11) is 0. The second-order valence-electron chi connectivity index (χ2n) is 3.77. The lowest BCUT2D eigenvalue weighted by molar-refractivity contribution is 0.102. The number of nitrogens with zero attached hydrogens (tertiary/aromatic N) is 2. The van der Waals surface area contributed by atoms with Crippen molar-refractivity contribution in [2.75, 3.05) is 5.43 Å². The molecule has 5 heteroatoms. The number of hydrazone groups is 1. The number of ketones is 1. The van der Waals surface area contributed by atoms with Crippen molar-refractivity contribution in [3.63, 3.8) is 0 Å². The van der Waals surface area contributed by atoms with Crippen molar-refractivity contribution >= 4 is 28.5 Å². The van der Waals surface area contributed by atoms with Gasteiger partial charge in [-0.15, -0.1) is 0 Å². The molecule has 4 nitrogen and oxygen atoms in total. The molecule has 0 amide bonds. The topological polar surface area (TPSA) is 54.4 Å². The van der Waals surface area contributed by atoms with Crippen molar-refractivity contribution in [1.82, 2.24) is 4.98 Å². The fourth-order valence-corrected chi connectivity index (χ4v) is 2.28. The summed E-state index contributed by atoms with van der Waals surface area (Å²) in [5, 5.41) is 4.72. The summed E-state index contributed by atoms with van der Waals surface area (Å²) in [6.07, 6.45) is 1.71. The molecule has 1 aromatic carbocycles. The smallest absolute Gasteiger partial charge is 0.204 e. The number of nitrogens with one attached hydrogen (secondary N) is 1. The number of carbonyl (C=O) groups is 1. The maximum absolute atomic E-state index is 11.3. The number of hydrogen-bond donors (Lipinski definition) is 1. The molecule has 0 saturated heterocycles. The van der Waals surface area contributed by atoms with Gasteiger partial charge in [0, 0.05) is 6.92 Å². The molecule has 1 heterocycles. The summed E-state index contributed by atoms with van der Waals surface area (Å²) in [5.41, 5.74) is 4.58. The number of carbonyl (C=O) groups excluding carboxylic acids is 1. The molecule has 2 rings (SSSR count). The standard InChI is InChI=1S/C13H13N3OS/c1-9-12(10(2)17)18-13(15-9)16-14-8-11-6-4-3-5-7-11/h3-8H,1-2H3,(H,15,16)/b14-8-. The second kappa shape index (κ2) is 5.55. The summed E-state index contributed by atoms with van der Waals surface area (Å²) >= 11 is 1.32. The predicted octanol–water partition coefficient (Wildman–Crippen LogP) is 3.10. The molecule has 0 bridgehead atoms. The Bertz CT molecular complexity index is 575. The average Bonchev–Trinajstić information content (AvgIpc) is 2.72. The Morgan fingerprint density at radius 1 is 1.39 bits per heavy atom. The number of Topliss-reactive ketones (excluding diaryl/α,β-unsaturated/α-hetero) is 1. The molecular weight excluding hydrogens is 246 g/mol. The Balaban J connectivity index is 2.05. The van der Waals surface area contributed by atoms with Crippen LogP contribution >= 0.6 is 11.3 Å². The monoisotopic (exact) mass is 259 g/mol. The molecule has 0 aliphatic heterocycles. The van der Waals surface area contributed by atoms with Crippen molar-refractivity contribution < 1.29 is 4.79 Å². The van der Waals surface area contributed by atoms with Crippen molar-refractivity contribution in [2.24, 2.45) is 5.10 Å². The largest absolute Gasteiger partial charge is 0.294 e. The van der Waals surface area contributed by atoms with Crippen molar-refractivity contribution in [3.8, 4) is 0 Å². The Morgan fingerprint density at radius 2 is 2.11 bits per heavy atom. The highest BCUT2D eigenvalue weighted by Gasteiger charge is 2.10. The summed E-state index contributed by atoms with van der Waals surface area (Å²) in [6, 6.07) is 9.76. The molecule has 0 spiro atoms. The summed E-state index contributed by atoms with van der Waals surface area (Å²) in [4.78, 5) is 16.2. The van der Waals surface area contributed by atoms with E-state index in [1.54, 1.807) is 6.21 Å². The number of anilines is 1. The Hall–Kier alpha value is -2.01. The van der Waals surface area contributed by atoms with Crippen LogP contribution in [0.4, 0.5) is 5.13 Å². The van der Waals surface area contributed by atoms with E-state index >= 15 is 0 Å². The SMILES string of the molecule is CC(=O)c1sc(N/N=C\c2ccccc2)nc1C. The number of thiazole rings is 1. The van der Waals surface area contributed by atoms with Gasteiger partial charge in [-0.3, -0.25) is 10.2 Å². The maximum atomic E-state index is 11.3. The van der Waals surface area contributed by atoms with E-state index in [0.717, 1.165) is 11.3 Å². The van der Waals surface area contributed by atoms with E-state index in [4.69, 9.17) is 0 Å². The number of rotatable bonds is 4. The molecule has 92 valence electrons. The summed E-state index contributed by atoms with van der Waals surface area (Å²) in [6.45, 7) is 3.36. The van der Waals surface area contributed by atoms with Crippen LogP contribution in [0, 0.1) is 6.92 Å². The third-order valence-electron chi connectivity index (χ3n) is 2.29. The quantitative estimate of drug-likeness (QED) is 0.521. The predicted molar refractivity (Wildman–Crippen MR) is 74.5 cm³/mol. The van der Waals surface area contributed by atoms with E-state index in [0.29, 0.717) is 10.0 Å². The van der Waals surface area contributed by atoms with E-state index in [-0.39, 0.29) is 5.78 Å². The van der Waals surface area contributed by atoms with Gasteiger partial charge in [0.1, 0.15) is 0 Å². The van der Waals surface area contributed by atoms with Crippen LogP contribution in [0.15, 0.2) is 35.4 Å². The maximum Gasteiger partial charge on any atom is 0.204 e. The van der Waals surface area contributed by atoms with Gasteiger partial charge in [-0.1, -0.05) is 41.7 Å². The lowest BCUT2D eigenvalue weighted by Crippen LogP contribution is -1.90. The Kier molecular flexibility index (Phi) is 3.84. The van der Waals surface area contributed by atoms with Crippen LogP contribution in [0.2, 0.25) is 0 Å². The van der Waals surface area contributed by atoms with Crippen LogP contribution in [0.3, 0.4) is 0 Å². The van der Waals surface area contributed by atoms with Gasteiger partial charge >= 0.3 is 0 Å². The first-order chi connectivity index (χ1) is 8.66. The van der Waals surface area contributed by atoms with Crippen LogP contribution in [-0.4, -0.2) is 17.0 Å². The molecule has 0 saturated carbocycles.